The number of amides is 1. The van der Waals surface area contributed by atoms with Crippen LogP contribution in [0.4, 0.5) is 0 Å². The van der Waals surface area contributed by atoms with Crippen LogP contribution in [0, 0.1) is 11.3 Å². The summed E-state index contributed by atoms with van der Waals surface area (Å²) in [6, 6.07) is 0. The smallest absolute Gasteiger partial charge is 0.311 e. The largest absolute Gasteiger partial charge is 0.481 e. The van der Waals surface area contributed by atoms with Crippen molar-refractivity contribution in [3.05, 3.63) is 6.33 Å². The van der Waals surface area contributed by atoms with Crippen molar-refractivity contribution in [1.82, 2.24) is 25.1 Å². The van der Waals surface area contributed by atoms with E-state index in [0.29, 0.717) is 19.5 Å². The molecule has 0 unspecified atom stereocenters. The molecule has 1 aliphatic heterocycles. The molecule has 0 spiro atoms. The first-order valence-electron chi connectivity index (χ1n) is 6.34. The van der Waals surface area contributed by atoms with Gasteiger partial charge in [0.2, 0.25) is 5.91 Å². The Labute approximate surface area is 109 Å². The Hall–Kier alpha value is -1.99. The predicted octanol–water partition coefficient (Wildman–Crippen LogP) is -0.614. The van der Waals surface area contributed by atoms with E-state index >= 15 is 0 Å². The molecule has 1 aromatic rings. The number of aliphatic carboxylic acids is 1. The lowest BCUT2D eigenvalue weighted by Crippen LogP contribution is -2.38. The van der Waals surface area contributed by atoms with Crippen molar-refractivity contribution in [3.8, 4) is 0 Å². The van der Waals surface area contributed by atoms with Crippen LogP contribution in [0.3, 0.4) is 0 Å². The van der Waals surface area contributed by atoms with Gasteiger partial charge in [0, 0.05) is 13.1 Å². The summed E-state index contributed by atoms with van der Waals surface area (Å²) in [4.78, 5) is 25.3. The van der Waals surface area contributed by atoms with Crippen molar-refractivity contribution in [2.75, 3.05) is 13.1 Å². The van der Waals surface area contributed by atoms with Crippen LogP contribution in [0.1, 0.15) is 19.3 Å². The molecule has 8 heteroatoms. The second kappa shape index (κ2) is 4.29. The molecule has 0 aromatic carbocycles. The van der Waals surface area contributed by atoms with E-state index in [4.69, 9.17) is 0 Å². The summed E-state index contributed by atoms with van der Waals surface area (Å²) in [7, 11) is 0. The molecule has 2 heterocycles. The van der Waals surface area contributed by atoms with E-state index < -0.39 is 11.4 Å². The van der Waals surface area contributed by atoms with Crippen LogP contribution >= 0.6 is 0 Å². The second-order valence-electron chi connectivity index (χ2n) is 5.33. The van der Waals surface area contributed by atoms with Gasteiger partial charge < -0.3 is 10.0 Å². The Balaban J connectivity index is 1.71. The molecule has 1 saturated heterocycles. The van der Waals surface area contributed by atoms with Crippen LogP contribution in [0.5, 0.6) is 0 Å². The minimum atomic E-state index is -0.771. The number of tetrazole rings is 1. The van der Waals surface area contributed by atoms with E-state index in [0.717, 1.165) is 12.8 Å². The number of carboxylic acid groups (broad SMARTS) is 1. The molecular formula is C11H15N5O3. The number of fused-ring (bicyclic) bond motifs is 1. The van der Waals surface area contributed by atoms with E-state index in [9.17, 15) is 14.7 Å². The third-order valence-corrected chi connectivity index (χ3v) is 4.34. The molecule has 0 radical (unpaired) electrons. The third-order valence-electron chi connectivity index (χ3n) is 4.34. The number of carbonyl (C=O) groups excluding carboxylic acids is 1. The van der Waals surface area contributed by atoms with E-state index in [2.05, 4.69) is 15.5 Å². The van der Waals surface area contributed by atoms with Crippen LogP contribution in [0.15, 0.2) is 6.33 Å². The third kappa shape index (κ3) is 1.87. The molecule has 2 fully saturated rings. The molecule has 1 saturated carbocycles. The Morgan fingerprint density at radius 2 is 2.32 bits per heavy atom. The number of likely N-dealkylation sites (tertiary alicyclic amines) is 1. The van der Waals surface area contributed by atoms with E-state index in [-0.39, 0.29) is 18.4 Å². The van der Waals surface area contributed by atoms with Crippen LogP contribution in [0.2, 0.25) is 0 Å². The van der Waals surface area contributed by atoms with Crippen LogP contribution < -0.4 is 0 Å². The summed E-state index contributed by atoms with van der Waals surface area (Å²) in [5, 5.41) is 20.0. The molecule has 19 heavy (non-hydrogen) atoms. The maximum atomic E-state index is 12.1. The van der Waals surface area contributed by atoms with Crippen LogP contribution in [0.25, 0.3) is 0 Å². The summed E-state index contributed by atoms with van der Waals surface area (Å²) in [6.07, 6.45) is 3.87. The molecule has 1 amide bonds. The molecule has 102 valence electrons. The lowest BCUT2D eigenvalue weighted by atomic mass is 9.81. The zero-order chi connectivity index (χ0) is 13.5. The van der Waals surface area contributed by atoms with E-state index in [1.807, 2.05) is 0 Å². The first-order chi connectivity index (χ1) is 9.12. The van der Waals surface area contributed by atoms with Gasteiger partial charge in [-0.2, -0.15) is 0 Å². The number of carboxylic acids is 1. The van der Waals surface area contributed by atoms with Gasteiger partial charge in [0.15, 0.2) is 0 Å². The van der Waals surface area contributed by atoms with Gasteiger partial charge in [0.25, 0.3) is 0 Å². The average molecular weight is 265 g/mol. The lowest BCUT2D eigenvalue weighted by molar-refractivity contribution is -0.149. The van der Waals surface area contributed by atoms with Gasteiger partial charge in [-0.05, 0) is 29.2 Å². The first kappa shape index (κ1) is 12.1. The second-order valence-corrected chi connectivity index (χ2v) is 5.33. The SMILES string of the molecule is O=C(Cn1cnnn1)N1C[C@@H]2CCC[C@@]2(C(=O)O)C1. The molecule has 8 nitrogen and oxygen atoms in total. The molecular weight excluding hydrogens is 250 g/mol. The van der Waals surface area contributed by atoms with E-state index in [1.165, 1.54) is 11.0 Å². The zero-order valence-corrected chi connectivity index (χ0v) is 10.4. The van der Waals surface area contributed by atoms with Crippen LogP contribution in [-0.2, 0) is 16.1 Å². The van der Waals surface area contributed by atoms with Gasteiger partial charge in [0.1, 0.15) is 12.9 Å². The maximum absolute atomic E-state index is 12.1. The summed E-state index contributed by atoms with van der Waals surface area (Å²) in [5.74, 6) is -0.808. The molecule has 3 rings (SSSR count). The summed E-state index contributed by atoms with van der Waals surface area (Å²) in [6.45, 7) is 0.913. The zero-order valence-electron chi connectivity index (χ0n) is 10.4. The van der Waals surface area contributed by atoms with Crippen molar-refractivity contribution in [2.45, 2.75) is 25.8 Å². The minimum Gasteiger partial charge on any atom is -0.481 e. The summed E-state index contributed by atoms with van der Waals surface area (Å²) < 4.78 is 1.35. The fourth-order valence-electron chi connectivity index (χ4n) is 3.32. The summed E-state index contributed by atoms with van der Waals surface area (Å²) in [5.41, 5.74) is -0.726. The number of rotatable bonds is 3. The number of nitrogens with zero attached hydrogens (tertiary/aromatic N) is 5. The standard InChI is InChI=1S/C11H15N5O3/c17-9(5-16-7-12-13-14-16)15-4-8-2-1-3-11(8,6-15)10(18)19/h7-8H,1-6H2,(H,18,19)/t8-,11+/m0/s1. The lowest BCUT2D eigenvalue weighted by Gasteiger charge is -2.23. The van der Waals surface area contributed by atoms with Crippen molar-refractivity contribution in [1.29, 1.82) is 0 Å². The Bertz CT molecular complexity index is 502. The van der Waals surface area contributed by atoms with Gasteiger partial charge in [-0.25, -0.2) is 4.68 Å². The maximum Gasteiger partial charge on any atom is 0.311 e. The quantitative estimate of drug-likeness (QED) is 0.782. The average Bonchev–Trinajstić information content (AvgIpc) is 3.01. The minimum absolute atomic E-state index is 0.0649. The van der Waals surface area contributed by atoms with Crippen molar-refractivity contribution >= 4 is 11.9 Å². The highest BCUT2D eigenvalue weighted by molar-refractivity contribution is 5.81. The highest BCUT2D eigenvalue weighted by Gasteiger charge is 2.55. The number of hydrogen-bond donors (Lipinski definition) is 1. The molecule has 1 aromatic heterocycles. The van der Waals surface area contributed by atoms with Crippen LogP contribution in [-0.4, -0.2) is 55.2 Å². The fraction of sp³-hybridized carbons (Fsp3) is 0.727. The van der Waals surface area contributed by atoms with Gasteiger partial charge in [-0.1, -0.05) is 6.42 Å². The molecule has 2 aliphatic rings. The topological polar surface area (TPSA) is 101 Å². The van der Waals surface area contributed by atoms with E-state index in [1.54, 1.807) is 4.90 Å². The van der Waals surface area contributed by atoms with Gasteiger partial charge >= 0.3 is 5.97 Å². The number of carbonyl (C=O) groups is 2. The van der Waals surface area contributed by atoms with Gasteiger partial charge in [0.05, 0.1) is 5.41 Å². The fourth-order valence-corrected chi connectivity index (χ4v) is 3.32. The Kier molecular flexibility index (Phi) is 2.72. The van der Waals surface area contributed by atoms with Gasteiger partial charge in [-0.3, -0.25) is 9.59 Å². The van der Waals surface area contributed by atoms with Crippen molar-refractivity contribution in [3.63, 3.8) is 0 Å². The molecule has 1 N–H and O–H groups in total. The normalized spacial score (nSPS) is 29.5. The molecule has 0 bridgehead atoms. The Morgan fingerprint density at radius 1 is 1.47 bits per heavy atom. The molecule has 2 atom stereocenters. The first-order valence-corrected chi connectivity index (χ1v) is 6.34. The predicted molar refractivity (Wildman–Crippen MR) is 61.8 cm³/mol. The van der Waals surface area contributed by atoms with Gasteiger partial charge in [-0.15, -0.1) is 5.10 Å². The highest BCUT2D eigenvalue weighted by atomic mass is 16.4. The number of aromatic nitrogens is 4. The Morgan fingerprint density at radius 3 is 2.95 bits per heavy atom. The summed E-state index contributed by atoms with van der Waals surface area (Å²) >= 11 is 0. The monoisotopic (exact) mass is 265 g/mol. The highest BCUT2D eigenvalue weighted by Crippen LogP contribution is 2.48. The van der Waals surface area contributed by atoms with Crippen molar-refractivity contribution < 1.29 is 14.7 Å². The number of hydrogen-bond acceptors (Lipinski definition) is 5. The van der Waals surface area contributed by atoms with Crippen molar-refractivity contribution in [2.24, 2.45) is 11.3 Å². The molecule has 1 aliphatic carbocycles.